The molecule has 10 heteroatoms. The van der Waals surface area contributed by atoms with E-state index in [9.17, 15) is 18.5 Å². The Morgan fingerprint density at radius 1 is 1.39 bits per heavy atom. The highest BCUT2D eigenvalue weighted by Crippen LogP contribution is 2.36. The molecule has 23 heavy (non-hydrogen) atoms. The number of anilines is 1. The molecule has 2 rings (SSSR count). The average Bonchev–Trinajstić information content (AvgIpc) is 2.98. The zero-order chi connectivity index (χ0) is 17.2. The number of rotatable bonds is 7. The van der Waals surface area contributed by atoms with Crippen molar-refractivity contribution >= 4 is 31.9 Å². The molecule has 0 aliphatic heterocycles. The molecule has 0 radical (unpaired) electrons. The molecule has 0 unspecified atom stereocenters. The third-order valence-corrected chi connectivity index (χ3v) is 6.07. The predicted molar refractivity (Wildman–Crippen MR) is 88.9 cm³/mol. The molecule has 8 nitrogen and oxygen atoms in total. The minimum Gasteiger partial charge on any atom is -0.371 e. The van der Waals surface area contributed by atoms with Crippen molar-refractivity contribution in [1.29, 1.82) is 0 Å². The van der Waals surface area contributed by atoms with Crippen LogP contribution in [0.15, 0.2) is 16.3 Å². The number of nitrogens with one attached hydrogen (secondary N) is 1. The van der Waals surface area contributed by atoms with Gasteiger partial charge >= 0.3 is 5.69 Å². The van der Waals surface area contributed by atoms with Crippen LogP contribution in [-0.4, -0.2) is 35.9 Å². The fourth-order valence-electron chi connectivity index (χ4n) is 2.14. The normalized spacial score (nSPS) is 11.6. The molecule has 0 aliphatic rings. The quantitative estimate of drug-likeness (QED) is 0.462. The maximum absolute atomic E-state index is 11.5. The van der Waals surface area contributed by atoms with Gasteiger partial charge in [-0.1, -0.05) is 11.3 Å². The molecule has 0 saturated heterocycles. The molecular weight excluding hydrogens is 340 g/mol. The van der Waals surface area contributed by atoms with Gasteiger partial charge in [0.05, 0.1) is 10.6 Å². The first kappa shape index (κ1) is 17.4. The van der Waals surface area contributed by atoms with Crippen molar-refractivity contribution in [3.63, 3.8) is 0 Å². The maximum atomic E-state index is 11.5. The maximum Gasteiger partial charge on any atom is 0.304 e. The number of thiophene rings is 1. The van der Waals surface area contributed by atoms with Crippen molar-refractivity contribution in [1.82, 2.24) is 9.78 Å². The van der Waals surface area contributed by atoms with Crippen LogP contribution in [0.5, 0.6) is 0 Å². The van der Waals surface area contributed by atoms with Gasteiger partial charge in [-0.3, -0.25) is 14.8 Å². The van der Waals surface area contributed by atoms with E-state index < -0.39 is 14.8 Å². The molecule has 0 spiro atoms. The van der Waals surface area contributed by atoms with Gasteiger partial charge in [0.15, 0.2) is 14.8 Å². The number of hydrogen-bond donors (Lipinski definition) is 1. The number of hydrogen-bond acceptors (Lipinski definition) is 7. The zero-order valence-electron chi connectivity index (χ0n) is 13.1. The summed E-state index contributed by atoms with van der Waals surface area (Å²) in [4.78, 5) is 10.5. The summed E-state index contributed by atoms with van der Waals surface area (Å²) in [6.07, 6.45) is 1.75. The Kier molecular flexibility index (Phi) is 5.05. The standard InChI is InChI=1S/C13H18N4O4S2/c1-9-7-10(2)16(15-9)6-4-5-14-13-11(17(18)19)8-12(22-13)23(3,20)21/h7-8,14H,4-6H2,1-3H3. The van der Waals surface area contributed by atoms with Crippen LogP contribution in [0.25, 0.3) is 0 Å². The van der Waals surface area contributed by atoms with Gasteiger partial charge in [0.2, 0.25) is 0 Å². The molecule has 2 aromatic heterocycles. The van der Waals surface area contributed by atoms with Crippen LogP contribution < -0.4 is 5.32 Å². The average molecular weight is 358 g/mol. The summed E-state index contributed by atoms with van der Waals surface area (Å²) in [5.41, 5.74) is 1.80. The Morgan fingerprint density at radius 2 is 2.09 bits per heavy atom. The fourth-order valence-corrected chi connectivity index (χ4v) is 4.10. The van der Waals surface area contributed by atoms with Gasteiger partial charge in [-0.2, -0.15) is 5.10 Å². The van der Waals surface area contributed by atoms with Crippen LogP contribution in [0.1, 0.15) is 17.8 Å². The molecule has 126 valence electrons. The third kappa shape index (κ3) is 4.29. The Balaban J connectivity index is 2.01. The molecule has 1 N–H and O–H groups in total. The van der Waals surface area contributed by atoms with E-state index >= 15 is 0 Å². The van der Waals surface area contributed by atoms with E-state index in [2.05, 4.69) is 10.4 Å². The molecule has 0 bridgehead atoms. The number of nitro groups is 1. The molecule has 2 heterocycles. The van der Waals surface area contributed by atoms with E-state index in [1.165, 1.54) is 0 Å². The Bertz CT molecular complexity index is 823. The number of sulfone groups is 1. The lowest BCUT2D eigenvalue weighted by Gasteiger charge is -2.05. The van der Waals surface area contributed by atoms with Crippen molar-refractivity contribution < 1.29 is 13.3 Å². The van der Waals surface area contributed by atoms with Crippen LogP contribution in [0.2, 0.25) is 0 Å². The third-order valence-electron chi connectivity index (χ3n) is 3.19. The lowest BCUT2D eigenvalue weighted by atomic mass is 10.4. The van der Waals surface area contributed by atoms with Gasteiger partial charge in [-0.25, -0.2) is 8.42 Å². The first-order chi connectivity index (χ1) is 10.7. The van der Waals surface area contributed by atoms with E-state index in [0.717, 1.165) is 35.0 Å². The van der Waals surface area contributed by atoms with Crippen LogP contribution in [-0.2, 0) is 16.4 Å². The van der Waals surface area contributed by atoms with Crippen LogP contribution in [0, 0.1) is 24.0 Å². The van der Waals surface area contributed by atoms with Crippen molar-refractivity contribution in [2.24, 2.45) is 0 Å². The minimum absolute atomic E-state index is 0.00903. The number of nitrogens with zero attached hydrogens (tertiary/aromatic N) is 3. The molecule has 0 amide bonds. The summed E-state index contributed by atoms with van der Waals surface area (Å²) < 4.78 is 24.9. The van der Waals surface area contributed by atoms with E-state index in [-0.39, 0.29) is 14.9 Å². The van der Waals surface area contributed by atoms with Crippen molar-refractivity contribution in [2.45, 2.75) is 31.0 Å². The second kappa shape index (κ2) is 6.67. The SMILES string of the molecule is Cc1cc(C)n(CCCNc2sc(S(C)(=O)=O)cc2[N+](=O)[O-])n1. The Hall–Kier alpha value is -1.94. The molecule has 0 saturated carbocycles. The lowest BCUT2D eigenvalue weighted by molar-refractivity contribution is -0.383. The lowest BCUT2D eigenvalue weighted by Crippen LogP contribution is -2.09. The summed E-state index contributed by atoms with van der Waals surface area (Å²) in [6, 6.07) is 3.08. The summed E-state index contributed by atoms with van der Waals surface area (Å²) in [6.45, 7) is 5.06. The second-order valence-corrected chi connectivity index (χ2v) is 8.53. The number of aryl methyl sites for hydroxylation is 3. The summed E-state index contributed by atoms with van der Waals surface area (Å²) in [7, 11) is -3.45. The molecule has 0 atom stereocenters. The molecule has 0 fully saturated rings. The highest BCUT2D eigenvalue weighted by atomic mass is 32.2. The Morgan fingerprint density at radius 3 is 2.61 bits per heavy atom. The van der Waals surface area contributed by atoms with Crippen molar-refractivity contribution in [3.05, 3.63) is 33.6 Å². The molecule has 2 aromatic rings. The zero-order valence-corrected chi connectivity index (χ0v) is 14.7. The van der Waals surface area contributed by atoms with Gasteiger partial charge in [-0.15, -0.1) is 0 Å². The van der Waals surface area contributed by atoms with Gasteiger partial charge in [-0.05, 0) is 26.3 Å². The number of aromatic nitrogens is 2. The van der Waals surface area contributed by atoms with E-state index in [4.69, 9.17) is 0 Å². The van der Waals surface area contributed by atoms with Gasteiger partial charge in [0.1, 0.15) is 4.21 Å². The van der Waals surface area contributed by atoms with Crippen LogP contribution in [0.4, 0.5) is 10.7 Å². The predicted octanol–water partition coefficient (Wildman–Crippen LogP) is 2.38. The van der Waals surface area contributed by atoms with Crippen LogP contribution >= 0.6 is 11.3 Å². The molecule has 0 aromatic carbocycles. The summed E-state index contributed by atoms with van der Waals surface area (Å²) in [5.74, 6) is 0. The minimum atomic E-state index is -3.45. The topological polar surface area (TPSA) is 107 Å². The smallest absolute Gasteiger partial charge is 0.304 e. The van der Waals surface area contributed by atoms with Gasteiger partial charge in [0, 0.05) is 31.1 Å². The first-order valence-electron chi connectivity index (χ1n) is 6.91. The van der Waals surface area contributed by atoms with Gasteiger partial charge in [0.25, 0.3) is 0 Å². The van der Waals surface area contributed by atoms with Crippen LogP contribution in [0.3, 0.4) is 0 Å². The monoisotopic (exact) mass is 358 g/mol. The van der Waals surface area contributed by atoms with Gasteiger partial charge < -0.3 is 5.32 Å². The van der Waals surface area contributed by atoms with E-state index in [0.29, 0.717) is 19.5 Å². The second-order valence-electron chi connectivity index (χ2n) is 5.24. The molecular formula is C13H18N4O4S2. The highest BCUT2D eigenvalue weighted by Gasteiger charge is 2.23. The summed E-state index contributed by atoms with van der Waals surface area (Å²) in [5, 5.41) is 18.6. The first-order valence-corrected chi connectivity index (χ1v) is 9.62. The highest BCUT2D eigenvalue weighted by molar-refractivity contribution is 7.92. The Labute approximate surface area is 138 Å². The largest absolute Gasteiger partial charge is 0.371 e. The van der Waals surface area contributed by atoms with Crippen molar-refractivity contribution in [3.8, 4) is 0 Å². The van der Waals surface area contributed by atoms with E-state index in [1.807, 2.05) is 24.6 Å². The fraction of sp³-hybridized carbons (Fsp3) is 0.462. The van der Waals surface area contributed by atoms with Crippen molar-refractivity contribution in [2.75, 3.05) is 18.1 Å². The summed E-state index contributed by atoms with van der Waals surface area (Å²) >= 11 is 0.885. The molecule has 0 aliphatic carbocycles. The van der Waals surface area contributed by atoms with E-state index in [1.54, 1.807) is 0 Å².